The average Bonchev–Trinajstić information content (AvgIpc) is 2.56. The summed E-state index contributed by atoms with van der Waals surface area (Å²) < 4.78 is 0. The maximum atomic E-state index is 11.7. The van der Waals surface area contributed by atoms with E-state index in [9.17, 15) is 9.90 Å². The van der Waals surface area contributed by atoms with Crippen LogP contribution in [0, 0.1) is 5.41 Å². The maximum Gasteiger partial charge on any atom is 0.317 e. The Labute approximate surface area is 133 Å². The summed E-state index contributed by atoms with van der Waals surface area (Å²) in [7, 11) is 0. The van der Waals surface area contributed by atoms with Crippen molar-refractivity contribution in [2.24, 2.45) is 5.41 Å². The third-order valence-corrected chi connectivity index (χ3v) is 4.48. The van der Waals surface area contributed by atoms with Crippen molar-refractivity contribution in [2.45, 2.75) is 51.4 Å². The van der Waals surface area contributed by atoms with Crippen LogP contribution in [0.1, 0.15) is 56.9 Å². The third kappa shape index (κ3) is 4.09. The van der Waals surface area contributed by atoms with Crippen LogP contribution in [-0.4, -0.2) is 11.1 Å². The zero-order chi connectivity index (χ0) is 15.8. The molecule has 1 aliphatic rings. The van der Waals surface area contributed by atoms with Crippen molar-refractivity contribution in [3.63, 3.8) is 0 Å². The summed E-state index contributed by atoms with van der Waals surface area (Å²) in [5.41, 5.74) is 0.397. The highest BCUT2D eigenvalue weighted by atomic mass is 16.4. The molecule has 2 heteroatoms. The highest BCUT2D eigenvalue weighted by Gasteiger charge is 2.34. The molecule has 1 N–H and O–H groups in total. The second-order valence-corrected chi connectivity index (χ2v) is 6.16. The monoisotopic (exact) mass is 298 g/mol. The van der Waals surface area contributed by atoms with Gasteiger partial charge in [-0.3, -0.25) is 4.79 Å². The molecule has 2 nitrogen and oxygen atoms in total. The Morgan fingerprint density at radius 2 is 1.68 bits per heavy atom. The van der Waals surface area contributed by atoms with Crippen LogP contribution in [0.25, 0.3) is 0 Å². The highest BCUT2D eigenvalue weighted by Crippen LogP contribution is 2.36. The second kappa shape index (κ2) is 7.98. The molecule has 0 atom stereocenters. The summed E-state index contributed by atoms with van der Waals surface area (Å²) in [6.45, 7) is 2.19. The number of rotatable bonds is 8. The first-order valence-electron chi connectivity index (χ1n) is 8.35. The minimum atomic E-state index is -0.808. The van der Waals surface area contributed by atoms with Crippen LogP contribution in [0.2, 0.25) is 0 Å². The van der Waals surface area contributed by atoms with Gasteiger partial charge in [-0.15, -0.1) is 0 Å². The molecule has 0 fully saturated rings. The Kier molecular flexibility index (Phi) is 6.00. The van der Waals surface area contributed by atoms with Gasteiger partial charge in [-0.05, 0) is 12.0 Å². The molecule has 1 aromatic rings. The zero-order valence-electron chi connectivity index (χ0n) is 13.4. The molecule has 1 aliphatic carbocycles. The summed E-state index contributed by atoms with van der Waals surface area (Å²) in [5.74, 6) is -0.546. The van der Waals surface area contributed by atoms with Gasteiger partial charge in [0.25, 0.3) is 0 Å². The third-order valence-electron chi connectivity index (χ3n) is 4.48. The van der Waals surface area contributed by atoms with E-state index in [0.29, 0.717) is 6.42 Å². The van der Waals surface area contributed by atoms with Gasteiger partial charge in [-0.25, -0.2) is 0 Å². The quantitative estimate of drug-likeness (QED) is 0.520. The summed E-state index contributed by atoms with van der Waals surface area (Å²) in [5, 5.41) is 9.65. The van der Waals surface area contributed by atoms with Crippen molar-refractivity contribution < 1.29 is 9.90 Å². The molecule has 0 bridgehead atoms. The zero-order valence-corrected chi connectivity index (χ0v) is 13.4. The van der Waals surface area contributed by atoms with E-state index in [1.807, 2.05) is 42.5 Å². The largest absolute Gasteiger partial charge is 0.480 e. The highest BCUT2D eigenvalue weighted by molar-refractivity contribution is 5.80. The number of carboxylic acid groups (broad SMARTS) is 1. The molecular formula is C20H26O2. The van der Waals surface area contributed by atoms with Gasteiger partial charge in [0.05, 0.1) is 0 Å². The van der Waals surface area contributed by atoms with Crippen LogP contribution in [0.5, 0.6) is 0 Å². The van der Waals surface area contributed by atoms with Crippen LogP contribution in [0.15, 0.2) is 54.6 Å². The summed E-state index contributed by atoms with van der Waals surface area (Å²) in [6.07, 6.45) is 14.3. The lowest BCUT2D eigenvalue weighted by molar-refractivity contribution is -0.144. The van der Waals surface area contributed by atoms with Crippen molar-refractivity contribution in [2.75, 3.05) is 0 Å². The van der Waals surface area contributed by atoms with Gasteiger partial charge in [-0.1, -0.05) is 93.7 Å². The fraction of sp³-hybridized carbons (Fsp3) is 0.450. The molecule has 2 rings (SSSR count). The fourth-order valence-electron chi connectivity index (χ4n) is 3.01. The van der Waals surface area contributed by atoms with E-state index in [4.69, 9.17) is 0 Å². The molecule has 0 unspecified atom stereocenters. The predicted octanol–water partition coefficient (Wildman–Crippen LogP) is 5.33. The first kappa shape index (κ1) is 16.5. The van der Waals surface area contributed by atoms with Crippen LogP contribution in [0.4, 0.5) is 0 Å². The Morgan fingerprint density at radius 1 is 1.05 bits per heavy atom. The SMILES string of the molecule is CCCCCCCC1(C(=O)O)C=CC(c2ccccc2)C=C1. The molecule has 0 aliphatic heterocycles. The van der Waals surface area contributed by atoms with Crippen molar-refractivity contribution in [1.29, 1.82) is 0 Å². The summed E-state index contributed by atoms with van der Waals surface area (Å²) in [6, 6.07) is 10.2. The van der Waals surface area contributed by atoms with Crippen LogP contribution in [-0.2, 0) is 4.79 Å². The topological polar surface area (TPSA) is 37.3 Å². The van der Waals surface area contributed by atoms with Gasteiger partial charge in [0.15, 0.2) is 0 Å². The van der Waals surface area contributed by atoms with Crippen molar-refractivity contribution in [3.8, 4) is 0 Å². The lowest BCUT2D eigenvalue weighted by atomic mass is 9.76. The van der Waals surface area contributed by atoms with Gasteiger partial charge in [0.1, 0.15) is 5.41 Å². The molecule has 0 amide bonds. The molecule has 0 spiro atoms. The molecule has 0 aromatic heterocycles. The fourth-order valence-corrected chi connectivity index (χ4v) is 3.01. The molecule has 0 saturated carbocycles. The number of allylic oxidation sites excluding steroid dienone is 2. The number of carboxylic acids is 1. The maximum absolute atomic E-state index is 11.7. The Hall–Kier alpha value is -1.83. The van der Waals surface area contributed by atoms with Crippen LogP contribution < -0.4 is 0 Å². The standard InChI is InChI=1S/C20H26O2/c1-2-3-4-5-9-14-20(19(21)22)15-12-18(13-16-20)17-10-7-6-8-11-17/h6-8,10-13,15-16,18H,2-5,9,14H2,1H3,(H,21,22). The van der Waals surface area contributed by atoms with Gasteiger partial charge in [0.2, 0.25) is 0 Å². The van der Waals surface area contributed by atoms with E-state index in [-0.39, 0.29) is 5.92 Å². The molecule has 0 heterocycles. The first-order chi connectivity index (χ1) is 10.7. The van der Waals surface area contributed by atoms with E-state index >= 15 is 0 Å². The normalized spacial score (nSPS) is 23.6. The predicted molar refractivity (Wildman–Crippen MR) is 90.9 cm³/mol. The smallest absolute Gasteiger partial charge is 0.317 e. The first-order valence-corrected chi connectivity index (χ1v) is 8.35. The van der Waals surface area contributed by atoms with Crippen molar-refractivity contribution >= 4 is 5.97 Å². The lowest BCUT2D eigenvalue weighted by Crippen LogP contribution is -2.28. The molecular weight excluding hydrogens is 272 g/mol. The van der Waals surface area contributed by atoms with E-state index in [1.165, 1.54) is 24.8 Å². The number of carbonyl (C=O) groups is 1. The average molecular weight is 298 g/mol. The Balaban J connectivity index is 1.99. The second-order valence-electron chi connectivity index (χ2n) is 6.16. The minimum absolute atomic E-state index is 0.189. The lowest BCUT2D eigenvalue weighted by Gasteiger charge is -2.27. The molecule has 22 heavy (non-hydrogen) atoms. The number of hydrogen-bond acceptors (Lipinski definition) is 1. The van der Waals surface area contributed by atoms with Gasteiger partial charge < -0.3 is 5.11 Å². The van der Waals surface area contributed by atoms with Crippen molar-refractivity contribution in [3.05, 3.63) is 60.2 Å². The van der Waals surface area contributed by atoms with Crippen molar-refractivity contribution in [1.82, 2.24) is 0 Å². The summed E-state index contributed by atoms with van der Waals surface area (Å²) in [4.78, 5) is 11.7. The van der Waals surface area contributed by atoms with E-state index in [2.05, 4.69) is 19.1 Å². The Bertz CT molecular complexity index is 514. The minimum Gasteiger partial charge on any atom is -0.480 e. The summed E-state index contributed by atoms with van der Waals surface area (Å²) >= 11 is 0. The van der Waals surface area contributed by atoms with Crippen LogP contribution in [0.3, 0.4) is 0 Å². The van der Waals surface area contributed by atoms with Gasteiger partial charge in [-0.2, -0.15) is 0 Å². The molecule has 0 saturated heterocycles. The molecule has 1 aromatic carbocycles. The number of benzene rings is 1. The van der Waals surface area contributed by atoms with E-state index in [1.54, 1.807) is 0 Å². The number of aliphatic carboxylic acids is 1. The van der Waals surface area contributed by atoms with Gasteiger partial charge >= 0.3 is 5.97 Å². The number of unbranched alkanes of at least 4 members (excludes halogenated alkanes) is 4. The molecule has 118 valence electrons. The molecule has 0 radical (unpaired) electrons. The van der Waals surface area contributed by atoms with E-state index in [0.717, 1.165) is 12.8 Å². The van der Waals surface area contributed by atoms with Gasteiger partial charge in [0, 0.05) is 5.92 Å². The van der Waals surface area contributed by atoms with E-state index < -0.39 is 11.4 Å². The number of hydrogen-bond donors (Lipinski definition) is 1. The van der Waals surface area contributed by atoms with Crippen LogP contribution >= 0.6 is 0 Å². The Morgan fingerprint density at radius 3 is 2.27 bits per heavy atom.